The van der Waals surface area contributed by atoms with Gasteiger partial charge in [-0.15, -0.1) is 0 Å². The molecule has 1 aromatic carbocycles. The number of aryl methyl sites for hydroxylation is 1. The van der Waals surface area contributed by atoms with E-state index in [4.69, 9.17) is 0 Å². The first-order chi connectivity index (χ1) is 10.5. The number of fused-ring (bicyclic) bond motifs is 1. The van der Waals surface area contributed by atoms with Crippen LogP contribution in [0.25, 0.3) is 0 Å². The molecule has 0 aromatic heterocycles. The minimum Gasteiger partial charge on any atom is -0.342 e. The molecule has 0 N–H and O–H groups in total. The fraction of sp³-hybridized carbons (Fsp3) is 0.588. The second-order valence-electron chi connectivity index (χ2n) is 6.60. The quantitative estimate of drug-likeness (QED) is 0.839. The highest BCUT2D eigenvalue weighted by Gasteiger charge is 2.24. The molecule has 0 spiro atoms. The zero-order valence-electron chi connectivity index (χ0n) is 13.0. The molecule has 5 heteroatoms. The van der Waals surface area contributed by atoms with Crippen LogP contribution < -0.4 is 0 Å². The van der Waals surface area contributed by atoms with Gasteiger partial charge >= 0.3 is 0 Å². The van der Waals surface area contributed by atoms with E-state index in [1.54, 1.807) is 12.1 Å². The summed E-state index contributed by atoms with van der Waals surface area (Å²) in [5, 5.41) is 0. The molecule has 0 atom stereocenters. The van der Waals surface area contributed by atoms with Gasteiger partial charge in [0, 0.05) is 13.1 Å². The summed E-state index contributed by atoms with van der Waals surface area (Å²) in [4.78, 5) is 14.8. The van der Waals surface area contributed by atoms with E-state index in [2.05, 4.69) is 6.92 Å². The van der Waals surface area contributed by atoms with Crippen LogP contribution in [-0.4, -0.2) is 38.1 Å². The molecule has 1 amide bonds. The normalized spacial score (nSPS) is 21.4. The highest BCUT2D eigenvalue weighted by Crippen LogP contribution is 2.26. The zero-order valence-corrected chi connectivity index (χ0v) is 13.9. The average Bonchev–Trinajstić information content (AvgIpc) is 2.47. The summed E-state index contributed by atoms with van der Waals surface area (Å²) >= 11 is 0. The van der Waals surface area contributed by atoms with Gasteiger partial charge < -0.3 is 4.90 Å². The van der Waals surface area contributed by atoms with Gasteiger partial charge in [0.1, 0.15) is 0 Å². The van der Waals surface area contributed by atoms with Crippen molar-refractivity contribution >= 4 is 15.7 Å². The van der Waals surface area contributed by atoms with Crippen LogP contribution in [0.4, 0.5) is 0 Å². The van der Waals surface area contributed by atoms with Gasteiger partial charge in [0.15, 0.2) is 9.84 Å². The van der Waals surface area contributed by atoms with Crippen LogP contribution >= 0.6 is 0 Å². The fourth-order valence-electron chi connectivity index (χ4n) is 3.35. The number of amides is 1. The minimum atomic E-state index is -3.11. The molecule has 2 heterocycles. The van der Waals surface area contributed by atoms with Crippen LogP contribution in [0.5, 0.6) is 0 Å². The number of piperidine rings is 1. The van der Waals surface area contributed by atoms with Crippen molar-refractivity contribution in [2.24, 2.45) is 5.92 Å². The lowest BCUT2D eigenvalue weighted by atomic mass is 9.98. The maximum absolute atomic E-state index is 12.4. The van der Waals surface area contributed by atoms with Gasteiger partial charge in [-0.05, 0) is 48.8 Å². The average molecular weight is 321 g/mol. The fourth-order valence-corrected chi connectivity index (χ4v) is 4.93. The predicted octanol–water partition coefficient (Wildman–Crippen LogP) is 2.21. The molecule has 1 fully saturated rings. The topological polar surface area (TPSA) is 54.5 Å². The molecule has 1 saturated heterocycles. The van der Waals surface area contributed by atoms with Crippen molar-refractivity contribution in [3.8, 4) is 0 Å². The van der Waals surface area contributed by atoms with Crippen molar-refractivity contribution < 1.29 is 13.2 Å². The lowest BCUT2D eigenvalue weighted by molar-refractivity contribution is -0.131. The van der Waals surface area contributed by atoms with E-state index in [1.165, 1.54) is 0 Å². The Kier molecular flexibility index (Phi) is 4.26. The molecule has 1 aromatic rings. The van der Waals surface area contributed by atoms with Gasteiger partial charge in [-0.25, -0.2) is 8.42 Å². The Morgan fingerprint density at radius 3 is 2.73 bits per heavy atom. The van der Waals surface area contributed by atoms with Crippen molar-refractivity contribution in [1.82, 2.24) is 4.90 Å². The van der Waals surface area contributed by atoms with E-state index in [0.717, 1.165) is 43.5 Å². The summed E-state index contributed by atoms with van der Waals surface area (Å²) < 4.78 is 24.0. The zero-order chi connectivity index (χ0) is 15.7. The number of likely N-dealkylation sites (tertiary alicyclic amines) is 1. The van der Waals surface area contributed by atoms with Crippen LogP contribution in [-0.2, 0) is 27.5 Å². The van der Waals surface area contributed by atoms with Gasteiger partial charge in [0.05, 0.1) is 17.1 Å². The molecule has 0 saturated carbocycles. The summed E-state index contributed by atoms with van der Waals surface area (Å²) in [6.07, 6.45) is 4.00. The van der Waals surface area contributed by atoms with E-state index in [0.29, 0.717) is 23.7 Å². The number of nitrogens with zero attached hydrogens (tertiary/aromatic N) is 1. The lowest BCUT2D eigenvalue weighted by Gasteiger charge is -2.30. The molecule has 2 aliphatic heterocycles. The third-order valence-corrected chi connectivity index (χ3v) is 6.71. The van der Waals surface area contributed by atoms with Crippen molar-refractivity contribution in [2.45, 2.75) is 43.9 Å². The summed E-state index contributed by atoms with van der Waals surface area (Å²) in [6, 6.07) is 5.40. The Balaban J connectivity index is 1.72. The molecule has 0 unspecified atom stereocenters. The molecule has 0 bridgehead atoms. The summed E-state index contributed by atoms with van der Waals surface area (Å²) in [7, 11) is -3.11. The van der Waals surface area contributed by atoms with Crippen molar-refractivity contribution in [3.05, 3.63) is 29.3 Å². The smallest absolute Gasteiger partial charge is 0.226 e. The largest absolute Gasteiger partial charge is 0.342 e. The van der Waals surface area contributed by atoms with Crippen LogP contribution in [0, 0.1) is 5.92 Å². The van der Waals surface area contributed by atoms with Crippen LogP contribution in [0.3, 0.4) is 0 Å². The van der Waals surface area contributed by atoms with E-state index in [1.807, 2.05) is 11.0 Å². The van der Waals surface area contributed by atoms with Gasteiger partial charge in [-0.3, -0.25) is 4.79 Å². The standard InChI is InChI=1S/C17H23NO3S/c1-13-6-8-18(9-7-13)17(19)12-14-4-5-16-15(11-14)3-2-10-22(16,20)21/h4-5,11,13H,2-3,6-10,12H2,1H3. The third-order valence-electron chi connectivity index (χ3n) is 4.81. The Morgan fingerprint density at radius 2 is 2.00 bits per heavy atom. The molecular weight excluding hydrogens is 298 g/mol. The van der Waals surface area contributed by atoms with Crippen LogP contribution in [0.15, 0.2) is 23.1 Å². The molecular formula is C17H23NO3S. The SMILES string of the molecule is CC1CCN(C(=O)Cc2ccc3c(c2)CCCS3(=O)=O)CC1. The summed E-state index contributed by atoms with van der Waals surface area (Å²) in [5.41, 5.74) is 1.81. The third kappa shape index (κ3) is 3.19. The molecule has 120 valence electrons. The minimum absolute atomic E-state index is 0.158. The lowest BCUT2D eigenvalue weighted by Crippen LogP contribution is -2.38. The number of carbonyl (C=O) groups excluding carboxylic acids is 1. The second kappa shape index (κ2) is 6.03. The number of hydrogen-bond acceptors (Lipinski definition) is 3. The van der Waals surface area contributed by atoms with Crippen molar-refractivity contribution in [3.63, 3.8) is 0 Å². The van der Waals surface area contributed by atoms with Crippen molar-refractivity contribution in [2.75, 3.05) is 18.8 Å². The highest BCUT2D eigenvalue weighted by atomic mass is 32.2. The van der Waals surface area contributed by atoms with Gasteiger partial charge in [0.25, 0.3) is 0 Å². The maximum atomic E-state index is 12.4. The Bertz CT molecular complexity index is 673. The first-order valence-corrected chi connectivity index (χ1v) is 9.73. The predicted molar refractivity (Wildman–Crippen MR) is 85.5 cm³/mol. The summed E-state index contributed by atoms with van der Waals surface area (Å²) in [5.74, 6) is 1.10. The first kappa shape index (κ1) is 15.5. The molecule has 3 rings (SSSR count). The van der Waals surface area contributed by atoms with Crippen molar-refractivity contribution in [1.29, 1.82) is 0 Å². The molecule has 0 radical (unpaired) electrons. The number of sulfone groups is 1. The van der Waals surface area contributed by atoms with E-state index in [-0.39, 0.29) is 11.7 Å². The summed E-state index contributed by atoms with van der Waals surface area (Å²) in [6.45, 7) is 3.92. The maximum Gasteiger partial charge on any atom is 0.226 e. The Hall–Kier alpha value is -1.36. The van der Waals surface area contributed by atoms with E-state index in [9.17, 15) is 13.2 Å². The van der Waals surface area contributed by atoms with Gasteiger partial charge in [-0.1, -0.05) is 19.1 Å². The number of benzene rings is 1. The number of rotatable bonds is 2. The monoisotopic (exact) mass is 321 g/mol. The Labute approximate surface area is 132 Å². The van der Waals surface area contributed by atoms with E-state index >= 15 is 0 Å². The molecule has 22 heavy (non-hydrogen) atoms. The number of hydrogen-bond donors (Lipinski definition) is 0. The van der Waals surface area contributed by atoms with Crippen LogP contribution in [0.2, 0.25) is 0 Å². The molecule has 4 nitrogen and oxygen atoms in total. The number of carbonyl (C=O) groups is 1. The van der Waals surface area contributed by atoms with Crippen LogP contribution in [0.1, 0.15) is 37.3 Å². The molecule has 0 aliphatic carbocycles. The van der Waals surface area contributed by atoms with E-state index < -0.39 is 9.84 Å². The van der Waals surface area contributed by atoms with Gasteiger partial charge in [-0.2, -0.15) is 0 Å². The first-order valence-electron chi connectivity index (χ1n) is 8.08. The molecule has 2 aliphatic rings. The van der Waals surface area contributed by atoms with Gasteiger partial charge in [0.2, 0.25) is 5.91 Å². The highest BCUT2D eigenvalue weighted by molar-refractivity contribution is 7.91. The second-order valence-corrected chi connectivity index (χ2v) is 8.68. The Morgan fingerprint density at radius 1 is 1.27 bits per heavy atom.